The van der Waals surface area contributed by atoms with Crippen LogP contribution in [-0.4, -0.2) is 60.6 Å². The standard InChI is InChI=1S/C15H20N2O3/c18-11-15-14-2-1-13(19)9-12(14)10-17(15)4-3-16-5-7-20-8-6-16/h1-2,9,11,15,19H,3-8,10H2. The average Bonchev–Trinajstić information content (AvgIpc) is 2.82. The van der Waals surface area contributed by atoms with Gasteiger partial charge >= 0.3 is 0 Å². The van der Waals surface area contributed by atoms with E-state index in [0.717, 1.165) is 63.4 Å². The van der Waals surface area contributed by atoms with Crippen molar-refractivity contribution in [3.63, 3.8) is 0 Å². The maximum Gasteiger partial charge on any atom is 0.141 e. The van der Waals surface area contributed by atoms with Gasteiger partial charge in [-0.25, -0.2) is 0 Å². The SMILES string of the molecule is O=CC1c2ccc(O)cc2CN1CCN1CCOCC1. The predicted octanol–water partition coefficient (Wildman–Crippen LogP) is 0.780. The molecule has 2 heterocycles. The first-order valence-corrected chi connectivity index (χ1v) is 7.09. The van der Waals surface area contributed by atoms with Crippen molar-refractivity contribution < 1.29 is 14.6 Å². The molecule has 0 radical (unpaired) electrons. The van der Waals surface area contributed by atoms with Crippen LogP contribution in [0.5, 0.6) is 5.75 Å². The molecule has 1 unspecified atom stereocenters. The highest BCUT2D eigenvalue weighted by atomic mass is 16.5. The first-order chi connectivity index (χ1) is 9.78. The van der Waals surface area contributed by atoms with Gasteiger partial charge in [0.05, 0.1) is 19.3 Å². The van der Waals surface area contributed by atoms with Crippen molar-refractivity contribution in [1.29, 1.82) is 0 Å². The number of carbonyl (C=O) groups excluding carboxylic acids is 1. The number of rotatable bonds is 4. The molecular formula is C15H20N2O3. The van der Waals surface area contributed by atoms with E-state index < -0.39 is 0 Å². The molecule has 5 nitrogen and oxygen atoms in total. The molecule has 0 aromatic heterocycles. The van der Waals surface area contributed by atoms with Crippen molar-refractivity contribution in [3.05, 3.63) is 29.3 Å². The van der Waals surface area contributed by atoms with Gasteiger partial charge in [-0.2, -0.15) is 0 Å². The second kappa shape index (κ2) is 5.91. The monoisotopic (exact) mass is 276 g/mol. The molecule has 0 bridgehead atoms. The van der Waals surface area contributed by atoms with Crippen molar-refractivity contribution >= 4 is 6.29 Å². The van der Waals surface area contributed by atoms with Gasteiger partial charge in [0.2, 0.25) is 0 Å². The number of aldehydes is 1. The van der Waals surface area contributed by atoms with Crippen LogP contribution in [0.2, 0.25) is 0 Å². The van der Waals surface area contributed by atoms with Crippen LogP contribution in [0, 0.1) is 0 Å². The number of carbonyl (C=O) groups is 1. The number of morpholine rings is 1. The Labute approximate surface area is 118 Å². The molecule has 1 atom stereocenters. The van der Waals surface area contributed by atoms with Crippen LogP contribution in [-0.2, 0) is 16.1 Å². The van der Waals surface area contributed by atoms with E-state index in [4.69, 9.17) is 4.74 Å². The van der Waals surface area contributed by atoms with Gasteiger partial charge in [-0.05, 0) is 23.3 Å². The Bertz CT molecular complexity index is 486. The highest BCUT2D eigenvalue weighted by molar-refractivity contribution is 5.65. The van der Waals surface area contributed by atoms with Crippen LogP contribution in [0.25, 0.3) is 0 Å². The first-order valence-electron chi connectivity index (χ1n) is 7.09. The number of benzene rings is 1. The summed E-state index contributed by atoms with van der Waals surface area (Å²) in [5, 5.41) is 9.55. The third-order valence-electron chi connectivity index (χ3n) is 4.15. The van der Waals surface area contributed by atoms with Crippen LogP contribution >= 0.6 is 0 Å². The molecule has 1 aromatic rings. The minimum absolute atomic E-state index is 0.174. The Balaban J connectivity index is 1.64. The number of aromatic hydroxyl groups is 1. The predicted molar refractivity (Wildman–Crippen MR) is 74.6 cm³/mol. The quantitative estimate of drug-likeness (QED) is 0.824. The number of fused-ring (bicyclic) bond motifs is 1. The average molecular weight is 276 g/mol. The molecule has 0 amide bonds. The molecule has 1 fully saturated rings. The molecule has 0 spiro atoms. The molecular weight excluding hydrogens is 256 g/mol. The summed E-state index contributed by atoms with van der Waals surface area (Å²) in [6.45, 7) is 6.07. The van der Waals surface area contributed by atoms with Crippen molar-refractivity contribution in [3.8, 4) is 5.75 Å². The van der Waals surface area contributed by atoms with Crippen LogP contribution in [0.4, 0.5) is 0 Å². The molecule has 20 heavy (non-hydrogen) atoms. The number of nitrogens with zero attached hydrogens (tertiary/aromatic N) is 2. The Morgan fingerprint density at radius 2 is 2.10 bits per heavy atom. The minimum Gasteiger partial charge on any atom is -0.508 e. The minimum atomic E-state index is -0.174. The van der Waals surface area contributed by atoms with Crippen LogP contribution in [0.3, 0.4) is 0 Å². The zero-order chi connectivity index (χ0) is 13.9. The van der Waals surface area contributed by atoms with Gasteiger partial charge in [-0.1, -0.05) is 6.07 Å². The zero-order valence-electron chi connectivity index (χ0n) is 11.5. The second-order valence-corrected chi connectivity index (χ2v) is 5.39. The summed E-state index contributed by atoms with van der Waals surface area (Å²) in [6, 6.07) is 5.10. The Morgan fingerprint density at radius 1 is 1.30 bits per heavy atom. The largest absolute Gasteiger partial charge is 0.508 e. The Kier molecular flexibility index (Phi) is 4.00. The molecule has 1 aromatic carbocycles. The van der Waals surface area contributed by atoms with Gasteiger partial charge in [0.25, 0.3) is 0 Å². The molecule has 2 aliphatic rings. The van der Waals surface area contributed by atoms with Gasteiger partial charge in [-0.3, -0.25) is 9.80 Å². The van der Waals surface area contributed by atoms with Gasteiger partial charge in [-0.15, -0.1) is 0 Å². The van der Waals surface area contributed by atoms with E-state index in [1.807, 2.05) is 6.07 Å². The van der Waals surface area contributed by atoms with E-state index in [9.17, 15) is 9.90 Å². The summed E-state index contributed by atoms with van der Waals surface area (Å²) < 4.78 is 5.34. The lowest BCUT2D eigenvalue weighted by Gasteiger charge is -2.29. The summed E-state index contributed by atoms with van der Waals surface area (Å²) in [6.07, 6.45) is 1.00. The number of hydrogen-bond donors (Lipinski definition) is 1. The summed E-state index contributed by atoms with van der Waals surface area (Å²) in [7, 11) is 0. The number of phenolic OH excluding ortho intramolecular Hbond substituents is 1. The number of phenols is 1. The fraction of sp³-hybridized carbons (Fsp3) is 0.533. The summed E-state index contributed by atoms with van der Waals surface area (Å²) in [4.78, 5) is 15.9. The van der Waals surface area contributed by atoms with Gasteiger partial charge in [0, 0.05) is 32.7 Å². The molecule has 0 aliphatic carbocycles. The van der Waals surface area contributed by atoms with Crippen molar-refractivity contribution in [2.24, 2.45) is 0 Å². The maximum atomic E-state index is 11.4. The van der Waals surface area contributed by atoms with Crippen molar-refractivity contribution in [2.45, 2.75) is 12.6 Å². The van der Waals surface area contributed by atoms with E-state index in [-0.39, 0.29) is 11.8 Å². The van der Waals surface area contributed by atoms with E-state index >= 15 is 0 Å². The Hall–Kier alpha value is -1.43. The van der Waals surface area contributed by atoms with E-state index in [1.54, 1.807) is 12.1 Å². The lowest BCUT2D eigenvalue weighted by atomic mass is 10.1. The van der Waals surface area contributed by atoms with Gasteiger partial charge < -0.3 is 14.6 Å². The maximum absolute atomic E-state index is 11.4. The number of hydrogen-bond acceptors (Lipinski definition) is 5. The second-order valence-electron chi connectivity index (χ2n) is 5.39. The highest BCUT2D eigenvalue weighted by Gasteiger charge is 2.30. The summed E-state index contributed by atoms with van der Waals surface area (Å²) in [5.41, 5.74) is 2.09. The lowest BCUT2D eigenvalue weighted by molar-refractivity contribution is -0.112. The molecule has 1 saturated heterocycles. The Morgan fingerprint density at radius 3 is 2.85 bits per heavy atom. The fourth-order valence-electron chi connectivity index (χ4n) is 3.00. The van der Waals surface area contributed by atoms with Gasteiger partial charge in [0.1, 0.15) is 12.0 Å². The zero-order valence-corrected chi connectivity index (χ0v) is 11.5. The van der Waals surface area contributed by atoms with E-state index in [1.165, 1.54) is 0 Å². The van der Waals surface area contributed by atoms with E-state index in [2.05, 4.69) is 9.80 Å². The topological polar surface area (TPSA) is 53.0 Å². The van der Waals surface area contributed by atoms with E-state index in [0.29, 0.717) is 0 Å². The molecule has 108 valence electrons. The van der Waals surface area contributed by atoms with Gasteiger partial charge in [0.15, 0.2) is 0 Å². The molecule has 1 N–H and O–H groups in total. The third-order valence-corrected chi connectivity index (χ3v) is 4.15. The van der Waals surface area contributed by atoms with Crippen LogP contribution in [0.1, 0.15) is 17.2 Å². The fourth-order valence-corrected chi connectivity index (χ4v) is 3.00. The molecule has 0 saturated carbocycles. The normalized spacial score (nSPS) is 23.7. The first kappa shape index (κ1) is 13.5. The van der Waals surface area contributed by atoms with Crippen molar-refractivity contribution in [2.75, 3.05) is 39.4 Å². The van der Waals surface area contributed by atoms with Crippen LogP contribution in [0.15, 0.2) is 18.2 Å². The molecule has 2 aliphatic heterocycles. The number of ether oxygens (including phenoxy) is 1. The third kappa shape index (κ3) is 2.70. The molecule has 5 heteroatoms. The summed E-state index contributed by atoms with van der Waals surface area (Å²) >= 11 is 0. The van der Waals surface area contributed by atoms with Crippen molar-refractivity contribution in [1.82, 2.24) is 9.80 Å². The van der Waals surface area contributed by atoms with Crippen LogP contribution < -0.4 is 0 Å². The smallest absolute Gasteiger partial charge is 0.141 e. The summed E-state index contributed by atoms with van der Waals surface area (Å²) in [5.74, 6) is 0.267. The highest BCUT2D eigenvalue weighted by Crippen LogP contribution is 2.33. The lowest BCUT2D eigenvalue weighted by Crippen LogP contribution is -2.41. The molecule has 3 rings (SSSR count).